The van der Waals surface area contributed by atoms with Gasteiger partial charge in [-0.1, -0.05) is 35.0 Å². The van der Waals surface area contributed by atoms with Crippen molar-refractivity contribution < 1.29 is 12.9 Å². The molecule has 1 saturated carbocycles. The molecule has 1 fully saturated rings. The minimum Gasteiger partial charge on any atom is -0.336 e. The molecule has 0 bridgehead atoms. The number of hydrogen-bond acceptors (Lipinski definition) is 5. The second kappa shape index (κ2) is 5.93. The van der Waals surface area contributed by atoms with Crippen LogP contribution in [0.2, 0.25) is 0 Å². The van der Waals surface area contributed by atoms with E-state index in [9.17, 15) is 8.42 Å². The molecule has 3 aromatic rings. The molecule has 1 N–H and O–H groups in total. The molecule has 4 rings (SSSR count). The van der Waals surface area contributed by atoms with Crippen molar-refractivity contribution in [3.63, 3.8) is 0 Å². The number of nitrogens with zero attached hydrogens (tertiary/aromatic N) is 2. The number of rotatable bonds is 5. The highest BCUT2D eigenvalue weighted by Crippen LogP contribution is 2.41. The van der Waals surface area contributed by atoms with Gasteiger partial charge in [-0.3, -0.25) is 0 Å². The Morgan fingerprint density at radius 3 is 2.60 bits per heavy atom. The van der Waals surface area contributed by atoms with E-state index in [0.29, 0.717) is 22.7 Å². The number of pyridine rings is 1. The molecule has 0 saturated heterocycles. The lowest BCUT2D eigenvalue weighted by molar-refractivity contribution is 0.442. The third-order valence-electron chi connectivity index (χ3n) is 4.61. The summed E-state index contributed by atoms with van der Waals surface area (Å²) in [4.78, 5) is 4.20. The van der Waals surface area contributed by atoms with Crippen molar-refractivity contribution >= 4 is 21.1 Å². The van der Waals surface area contributed by atoms with Crippen molar-refractivity contribution in [3.8, 4) is 0 Å². The molecule has 1 aromatic carbocycles. The summed E-state index contributed by atoms with van der Waals surface area (Å²) in [5, 5.41) is 4.43. The van der Waals surface area contributed by atoms with E-state index in [2.05, 4.69) is 14.9 Å². The van der Waals surface area contributed by atoms with E-state index in [1.54, 1.807) is 13.0 Å². The zero-order valence-electron chi connectivity index (χ0n) is 14.1. The average Bonchev–Trinajstić information content (AvgIpc) is 3.37. The number of fused-ring (bicyclic) bond motifs is 1. The minimum atomic E-state index is -3.69. The zero-order valence-corrected chi connectivity index (χ0v) is 14.9. The van der Waals surface area contributed by atoms with Crippen LogP contribution in [0, 0.1) is 19.8 Å². The van der Waals surface area contributed by atoms with Gasteiger partial charge < -0.3 is 4.52 Å². The molecule has 6 nitrogen and oxygen atoms in total. The smallest absolute Gasteiger partial charge is 0.257 e. The van der Waals surface area contributed by atoms with Gasteiger partial charge in [-0.05, 0) is 44.2 Å². The first-order valence-corrected chi connectivity index (χ1v) is 9.73. The molecule has 0 spiro atoms. The van der Waals surface area contributed by atoms with Crippen LogP contribution in [0.3, 0.4) is 0 Å². The van der Waals surface area contributed by atoms with Gasteiger partial charge >= 0.3 is 0 Å². The molecule has 0 radical (unpaired) electrons. The maximum Gasteiger partial charge on any atom is 0.257 e. The fourth-order valence-electron chi connectivity index (χ4n) is 2.95. The van der Waals surface area contributed by atoms with Gasteiger partial charge in [0.05, 0.1) is 17.3 Å². The van der Waals surface area contributed by atoms with Crippen molar-refractivity contribution in [2.24, 2.45) is 5.92 Å². The van der Waals surface area contributed by atoms with Crippen LogP contribution in [0.4, 0.5) is 0 Å². The Kier molecular flexibility index (Phi) is 3.85. The van der Waals surface area contributed by atoms with E-state index in [1.807, 2.05) is 31.2 Å². The summed E-state index contributed by atoms with van der Waals surface area (Å²) < 4.78 is 33.7. The Hall–Kier alpha value is -2.25. The first kappa shape index (κ1) is 16.2. The van der Waals surface area contributed by atoms with Crippen molar-refractivity contribution in [2.75, 3.05) is 0 Å². The fourth-order valence-corrected chi connectivity index (χ4v) is 4.21. The summed E-state index contributed by atoms with van der Waals surface area (Å²) in [6.45, 7) is 3.78. The van der Waals surface area contributed by atoms with Crippen LogP contribution in [0.25, 0.3) is 11.1 Å². The summed E-state index contributed by atoms with van der Waals surface area (Å²) >= 11 is 0. The molecule has 7 heteroatoms. The second-order valence-electron chi connectivity index (χ2n) is 6.64. The summed E-state index contributed by atoms with van der Waals surface area (Å²) in [6, 6.07) is 9.35. The molecule has 0 unspecified atom stereocenters. The summed E-state index contributed by atoms with van der Waals surface area (Å²) in [6.07, 6.45) is 3.38. The van der Waals surface area contributed by atoms with E-state index in [0.717, 1.165) is 24.0 Å². The lowest BCUT2D eigenvalue weighted by Gasteiger charge is -2.19. The zero-order chi connectivity index (χ0) is 17.6. The van der Waals surface area contributed by atoms with Gasteiger partial charge in [-0.15, -0.1) is 0 Å². The number of sulfonamides is 1. The number of nitrogens with one attached hydrogen (secondary N) is 1. The number of hydrogen-bond donors (Lipinski definition) is 1. The lowest BCUT2D eigenvalue weighted by Crippen LogP contribution is -2.30. The van der Waals surface area contributed by atoms with Gasteiger partial charge in [0.2, 0.25) is 10.0 Å². The van der Waals surface area contributed by atoms with Gasteiger partial charge in [0.15, 0.2) is 0 Å². The Morgan fingerprint density at radius 2 is 1.92 bits per heavy atom. The molecule has 2 aromatic heterocycles. The Bertz CT molecular complexity index is 1020. The van der Waals surface area contributed by atoms with E-state index < -0.39 is 10.0 Å². The third-order valence-corrected chi connectivity index (χ3v) is 6.02. The number of aromatic nitrogens is 2. The first-order chi connectivity index (χ1) is 11.9. The molecular weight excluding hydrogens is 338 g/mol. The first-order valence-electron chi connectivity index (χ1n) is 8.25. The van der Waals surface area contributed by atoms with Crippen LogP contribution in [0.1, 0.15) is 35.7 Å². The molecule has 1 aliphatic rings. The van der Waals surface area contributed by atoms with Gasteiger partial charge in [0, 0.05) is 6.04 Å². The summed E-state index contributed by atoms with van der Waals surface area (Å²) in [5.74, 6) is 0.339. The van der Waals surface area contributed by atoms with E-state index in [4.69, 9.17) is 4.52 Å². The summed E-state index contributed by atoms with van der Waals surface area (Å²) in [5.41, 5.74) is 3.11. The molecule has 130 valence electrons. The van der Waals surface area contributed by atoms with Crippen LogP contribution in [-0.2, 0) is 10.0 Å². The highest BCUT2D eigenvalue weighted by molar-refractivity contribution is 7.89. The Morgan fingerprint density at radius 1 is 1.20 bits per heavy atom. The fraction of sp³-hybridized carbons (Fsp3) is 0.333. The molecule has 0 aliphatic heterocycles. The van der Waals surface area contributed by atoms with Crippen LogP contribution in [0.5, 0.6) is 0 Å². The van der Waals surface area contributed by atoms with E-state index >= 15 is 0 Å². The quantitative estimate of drug-likeness (QED) is 0.757. The molecule has 1 aliphatic carbocycles. The normalized spacial score (nSPS) is 16.2. The standard InChI is InChI=1S/C18H19N3O3S/c1-11-3-5-13(6-4-11)17(14-7-8-14)21-25(22,23)15-9-16-12(2)20-24-18(16)19-10-15/h3-6,9-10,14,17,21H,7-8H2,1-2H3/t17-/m1/s1. The Balaban J connectivity index is 1.68. The maximum absolute atomic E-state index is 12.9. The van der Waals surface area contributed by atoms with Crippen molar-refractivity contribution in [1.29, 1.82) is 0 Å². The van der Waals surface area contributed by atoms with Gasteiger partial charge in [0.25, 0.3) is 5.71 Å². The highest BCUT2D eigenvalue weighted by Gasteiger charge is 2.35. The monoisotopic (exact) mass is 357 g/mol. The molecule has 1 atom stereocenters. The van der Waals surface area contributed by atoms with Gasteiger partial charge in [0.1, 0.15) is 4.90 Å². The minimum absolute atomic E-state index is 0.129. The molecular formula is C18H19N3O3S. The van der Waals surface area contributed by atoms with E-state index in [-0.39, 0.29) is 10.9 Å². The van der Waals surface area contributed by atoms with Crippen LogP contribution < -0.4 is 4.72 Å². The van der Waals surface area contributed by atoms with Gasteiger partial charge in [-0.2, -0.15) is 0 Å². The van der Waals surface area contributed by atoms with Crippen LogP contribution in [0.15, 0.2) is 45.9 Å². The van der Waals surface area contributed by atoms with Crippen LogP contribution in [-0.4, -0.2) is 18.6 Å². The number of benzene rings is 1. The average molecular weight is 357 g/mol. The Labute approximate surface area is 146 Å². The SMILES string of the molecule is Cc1ccc([C@@H](NS(=O)(=O)c2cnc3onc(C)c3c2)C2CC2)cc1. The van der Waals surface area contributed by atoms with Crippen molar-refractivity contribution in [3.05, 3.63) is 53.3 Å². The second-order valence-corrected chi connectivity index (χ2v) is 8.35. The van der Waals surface area contributed by atoms with Crippen LogP contribution >= 0.6 is 0 Å². The lowest BCUT2D eigenvalue weighted by atomic mass is 10.0. The predicted molar refractivity (Wildman–Crippen MR) is 93.5 cm³/mol. The van der Waals surface area contributed by atoms with Crippen molar-refractivity contribution in [1.82, 2.24) is 14.9 Å². The largest absolute Gasteiger partial charge is 0.336 e. The van der Waals surface area contributed by atoms with Gasteiger partial charge in [-0.25, -0.2) is 18.1 Å². The molecule has 25 heavy (non-hydrogen) atoms. The maximum atomic E-state index is 12.9. The van der Waals surface area contributed by atoms with E-state index in [1.165, 1.54) is 6.20 Å². The summed E-state index contributed by atoms with van der Waals surface area (Å²) in [7, 11) is -3.69. The highest BCUT2D eigenvalue weighted by atomic mass is 32.2. The molecule has 2 heterocycles. The number of aryl methyl sites for hydroxylation is 2. The topological polar surface area (TPSA) is 85.1 Å². The third kappa shape index (κ3) is 3.17. The van der Waals surface area contributed by atoms with Crippen molar-refractivity contribution in [2.45, 2.75) is 37.6 Å². The predicted octanol–water partition coefficient (Wildman–Crippen LogP) is 3.27. The molecule has 0 amide bonds.